The molecule has 0 spiro atoms. The first kappa shape index (κ1) is 20.3. The van der Waals surface area contributed by atoms with E-state index in [9.17, 15) is 9.59 Å². The number of alkyl carbamates (subject to hydrolysis) is 1. The second kappa shape index (κ2) is 9.62. The summed E-state index contributed by atoms with van der Waals surface area (Å²) in [6.07, 6.45) is -0.499. The SMILES string of the molecule is CC(C)(C)OC(=O)NCCNC(=O)N(Cc1ccccc1)c1ccccc1. The van der Waals surface area contributed by atoms with Gasteiger partial charge in [0.15, 0.2) is 0 Å². The zero-order chi connectivity index (χ0) is 19.7. The van der Waals surface area contributed by atoms with Crippen LogP contribution >= 0.6 is 0 Å². The number of benzene rings is 2. The van der Waals surface area contributed by atoms with Gasteiger partial charge in [-0.05, 0) is 38.5 Å². The van der Waals surface area contributed by atoms with Gasteiger partial charge in [-0.15, -0.1) is 0 Å². The largest absolute Gasteiger partial charge is 0.444 e. The van der Waals surface area contributed by atoms with Crippen LogP contribution in [0.2, 0.25) is 0 Å². The van der Waals surface area contributed by atoms with Crippen molar-refractivity contribution in [2.45, 2.75) is 32.9 Å². The first-order chi connectivity index (χ1) is 12.8. The van der Waals surface area contributed by atoms with E-state index in [0.717, 1.165) is 11.3 Å². The maximum Gasteiger partial charge on any atom is 0.407 e. The molecule has 2 N–H and O–H groups in total. The predicted octanol–water partition coefficient (Wildman–Crippen LogP) is 3.93. The van der Waals surface area contributed by atoms with E-state index in [-0.39, 0.29) is 12.6 Å². The third-order valence-electron chi connectivity index (χ3n) is 3.57. The van der Waals surface area contributed by atoms with Crippen molar-refractivity contribution in [2.75, 3.05) is 18.0 Å². The minimum atomic E-state index is -0.548. The molecule has 0 radical (unpaired) electrons. The highest BCUT2D eigenvalue weighted by atomic mass is 16.6. The number of para-hydroxylation sites is 1. The fourth-order valence-corrected chi connectivity index (χ4v) is 2.40. The van der Waals surface area contributed by atoms with Gasteiger partial charge >= 0.3 is 12.1 Å². The van der Waals surface area contributed by atoms with Crippen molar-refractivity contribution in [3.05, 3.63) is 66.2 Å². The van der Waals surface area contributed by atoms with Crippen LogP contribution in [0.1, 0.15) is 26.3 Å². The maximum absolute atomic E-state index is 12.7. The zero-order valence-corrected chi connectivity index (χ0v) is 16.1. The molecule has 0 bridgehead atoms. The molecule has 0 unspecified atom stereocenters. The van der Waals surface area contributed by atoms with E-state index in [0.29, 0.717) is 13.1 Å². The number of hydrogen-bond donors (Lipinski definition) is 2. The molecule has 0 aromatic heterocycles. The quantitative estimate of drug-likeness (QED) is 0.758. The Morgan fingerprint density at radius 2 is 1.44 bits per heavy atom. The summed E-state index contributed by atoms with van der Waals surface area (Å²) in [5, 5.41) is 5.46. The van der Waals surface area contributed by atoms with Gasteiger partial charge in [0.05, 0.1) is 6.54 Å². The maximum atomic E-state index is 12.7. The second-order valence-corrected chi connectivity index (χ2v) is 7.07. The summed E-state index contributed by atoms with van der Waals surface area (Å²) in [6.45, 7) is 6.45. The minimum Gasteiger partial charge on any atom is -0.444 e. The fourth-order valence-electron chi connectivity index (χ4n) is 2.40. The molecular weight excluding hydrogens is 342 g/mol. The normalized spacial score (nSPS) is 10.8. The number of urea groups is 1. The molecule has 0 heterocycles. The van der Waals surface area contributed by atoms with Gasteiger partial charge in [0.2, 0.25) is 0 Å². The van der Waals surface area contributed by atoms with E-state index in [1.54, 1.807) is 25.7 Å². The highest BCUT2D eigenvalue weighted by Crippen LogP contribution is 2.17. The molecule has 6 nitrogen and oxygen atoms in total. The monoisotopic (exact) mass is 369 g/mol. The van der Waals surface area contributed by atoms with E-state index in [2.05, 4.69) is 10.6 Å². The molecule has 0 aliphatic heterocycles. The number of ether oxygens (including phenoxy) is 1. The van der Waals surface area contributed by atoms with E-state index in [1.165, 1.54) is 0 Å². The van der Waals surface area contributed by atoms with Crippen LogP contribution in [-0.4, -0.2) is 30.8 Å². The van der Waals surface area contributed by atoms with Crippen molar-refractivity contribution < 1.29 is 14.3 Å². The van der Waals surface area contributed by atoms with Crippen molar-refractivity contribution in [1.82, 2.24) is 10.6 Å². The lowest BCUT2D eigenvalue weighted by Crippen LogP contribution is -2.43. The van der Waals surface area contributed by atoms with Crippen LogP contribution in [0.25, 0.3) is 0 Å². The molecule has 2 aromatic carbocycles. The molecule has 0 aliphatic rings. The molecular formula is C21H27N3O3. The van der Waals surface area contributed by atoms with E-state index in [1.807, 2.05) is 60.7 Å². The smallest absolute Gasteiger partial charge is 0.407 e. The van der Waals surface area contributed by atoms with Crippen LogP contribution in [0.5, 0.6) is 0 Å². The molecule has 0 atom stereocenters. The summed E-state index contributed by atoms with van der Waals surface area (Å²) < 4.78 is 5.17. The summed E-state index contributed by atoms with van der Waals surface area (Å²) in [5.74, 6) is 0. The molecule has 2 rings (SSSR count). The van der Waals surface area contributed by atoms with Crippen LogP contribution in [0.3, 0.4) is 0 Å². The van der Waals surface area contributed by atoms with Gasteiger partial charge in [-0.2, -0.15) is 0 Å². The molecule has 27 heavy (non-hydrogen) atoms. The zero-order valence-electron chi connectivity index (χ0n) is 16.1. The Hall–Kier alpha value is -3.02. The fraction of sp³-hybridized carbons (Fsp3) is 0.333. The molecule has 6 heteroatoms. The number of anilines is 1. The molecule has 0 saturated carbocycles. The molecule has 3 amide bonds. The molecule has 0 fully saturated rings. The average molecular weight is 369 g/mol. The molecule has 2 aromatic rings. The minimum absolute atomic E-state index is 0.226. The number of amides is 3. The van der Waals surface area contributed by atoms with Crippen molar-refractivity contribution in [3.8, 4) is 0 Å². The lowest BCUT2D eigenvalue weighted by atomic mass is 10.2. The van der Waals surface area contributed by atoms with Crippen molar-refractivity contribution >= 4 is 17.8 Å². The Bertz CT molecular complexity index is 727. The highest BCUT2D eigenvalue weighted by molar-refractivity contribution is 5.91. The second-order valence-electron chi connectivity index (χ2n) is 7.07. The predicted molar refractivity (Wildman–Crippen MR) is 107 cm³/mol. The van der Waals surface area contributed by atoms with Crippen molar-refractivity contribution in [3.63, 3.8) is 0 Å². The number of nitrogens with zero attached hydrogens (tertiary/aromatic N) is 1. The third kappa shape index (κ3) is 7.40. The lowest BCUT2D eigenvalue weighted by molar-refractivity contribution is 0.0528. The van der Waals surface area contributed by atoms with Crippen LogP contribution in [0.15, 0.2) is 60.7 Å². The van der Waals surface area contributed by atoms with E-state index < -0.39 is 11.7 Å². The summed E-state index contributed by atoms with van der Waals surface area (Å²) in [6, 6.07) is 19.0. The van der Waals surface area contributed by atoms with Gasteiger partial charge in [0.25, 0.3) is 0 Å². The lowest BCUT2D eigenvalue weighted by Gasteiger charge is -2.24. The van der Waals surface area contributed by atoms with Crippen LogP contribution < -0.4 is 15.5 Å². The summed E-state index contributed by atoms with van der Waals surface area (Å²) >= 11 is 0. The summed E-state index contributed by atoms with van der Waals surface area (Å²) in [7, 11) is 0. The summed E-state index contributed by atoms with van der Waals surface area (Å²) in [4.78, 5) is 26.0. The van der Waals surface area contributed by atoms with E-state index >= 15 is 0 Å². The number of carbonyl (C=O) groups excluding carboxylic acids is 2. The number of carbonyl (C=O) groups is 2. The number of hydrogen-bond acceptors (Lipinski definition) is 3. The Morgan fingerprint density at radius 1 is 0.889 bits per heavy atom. The average Bonchev–Trinajstić information content (AvgIpc) is 2.63. The van der Waals surface area contributed by atoms with Crippen molar-refractivity contribution in [2.24, 2.45) is 0 Å². The van der Waals surface area contributed by atoms with Gasteiger partial charge < -0.3 is 15.4 Å². The first-order valence-corrected chi connectivity index (χ1v) is 8.96. The first-order valence-electron chi connectivity index (χ1n) is 8.96. The third-order valence-corrected chi connectivity index (χ3v) is 3.57. The molecule has 0 aliphatic carbocycles. The Labute approximate surface area is 160 Å². The molecule has 144 valence electrons. The van der Waals surface area contributed by atoms with Gasteiger partial charge in [-0.25, -0.2) is 9.59 Å². The Kier molecular flexibility index (Phi) is 7.23. The van der Waals surface area contributed by atoms with E-state index in [4.69, 9.17) is 4.74 Å². The standard InChI is InChI=1S/C21H27N3O3/c1-21(2,3)27-20(26)23-15-14-22-19(25)24(18-12-8-5-9-13-18)16-17-10-6-4-7-11-17/h4-13H,14-16H2,1-3H3,(H,22,25)(H,23,26). The van der Waals surface area contributed by atoms with Crippen LogP contribution in [0, 0.1) is 0 Å². The highest BCUT2D eigenvalue weighted by Gasteiger charge is 2.17. The Morgan fingerprint density at radius 3 is 2.04 bits per heavy atom. The van der Waals surface area contributed by atoms with Gasteiger partial charge in [-0.1, -0.05) is 48.5 Å². The Balaban J connectivity index is 1.91. The topological polar surface area (TPSA) is 70.7 Å². The molecule has 0 saturated heterocycles. The van der Waals surface area contributed by atoms with Crippen LogP contribution in [0.4, 0.5) is 15.3 Å². The number of rotatable bonds is 6. The van der Waals surface area contributed by atoms with Crippen molar-refractivity contribution in [1.29, 1.82) is 0 Å². The van der Waals surface area contributed by atoms with Crippen LogP contribution in [-0.2, 0) is 11.3 Å². The van der Waals surface area contributed by atoms with Gasteiger partial charge in [0, 0.05) is 18.8 Å². The van der Waals surface area contributed by atoms with Gasteiger partial charge in [-0.3, -0.25) is 4.90 Å². The van der Waals surface area contributed by atoms with Gasteiger partial charge in [0.1, 0.15) is 5.60 Å². The number of nitrogens with one attached hydrogen (secondary N) is 2. The summed E-state index contributed by atoms with van der Waals surface area (Å²) in [5.41, 5.74) is 1.29.